The molecule has 0 saturated carbocycles. The molecule has 1 atom stereocenters. The third kappa shape index (κ3) is 5.39. The average Bonchev–Trinajstić information content (AvgIpc) is 2.49. The molecule has 114 valence electrons. The van der Waals surface area contributed by atoms with E-state index in [2.05, 4.69) is 6.58 Å². The van der Waals surface area contributed by atoms with Crippen molar-refractivity contribution in [1.29, 1.82) is 0 Å². The number of amides is 1. The summed E-state index contributed by atoms with van der Waals surface area (Å²) >= 11 is 0. The summed E-state index contributed by atoms with van der Waals surface area (Å²) in [6, 6.07) is 7.00. The molecule has 1 unspecified atom stereocenters. The highest BCUT2D eigenvalue weighted by Crippen LogP contribution is 2.09. The lowest BCUT2D eigenvalue weighted by atomic mass is 10.1. The molecule has 21 heavy (non-hydrogen) atoms. The lowest BCUT2D eigenvalue weighted by Crippen LogP contribution is -2.23. The second kappa shape index (κ2) is 8.21. The van der Waals surface area contributed by atoms with E-state index in [1.54, 1.807) is 51.4 Å². The molecule has 0 aliphatic heterocycles. The van der Waals surface area contributed by atoms with Crippen molar-refractivity contribution in [1.82, 2.24) is 4.90 Å². The van der Waals surface area contributed by atoms with Crippen molar-refractivity contribution in [2.75, 3.05) is 20.7 Å². The van der Waals surface area contributed by atoms with Gasteiger partial charge in [-0.1, -0.05) is 18.2 Å². The van der Waals surface area contributed by atoms with E-state index in [4.69, 9.17) is 9.47 Å². The van der Waals surface area contributed by atoms with Crippen LogP contribution in [0.5, 0.6) is 0 Å². The first kappa shape index (κ1) is 16.9. The summed E-state index contributed by atoms with van der Waals surface area (Å²) in [6.07, 6.45) is 0.926. The largest absolute Gasteiger partial charge is 0.459 e. The highest BCUT2D eigenvalue weighted by molar-refractivity contribution is 5.94. The van der Waals surface area contributed by atoms with Gasteiger partial charge in [0.1, 0.15) is 6.61 Å². The normalized spacial score (nSPS) is 11.6. The van der Waals surface area contributed by atoms with Crippen LogP contribution >= 0.6 is 0 Å². The summed E-state index contributed by atoms with van der Waals surface area (Å²) in [5, 5.41) is 0. The van der Waals surface area contributed by atoms with E-state index in [0.717, 1.165) is 5.56 Å². The molecule has 0 fully saturated rings. The Labute approximate surface area is 125 Å². The first-order chi connectivity index (χ1) is 9.95. The van der Waals surface area contributed by atoms with Crippen molar-refractivity contribution in [3.05, 3.63) is 48.0 Å². The van der Waals surface area contributed by atoms with Gasteiger partial charge >= 0.3 is 5.97 Å². The van der Waals surface area contributed by atoms with Gasteiger partial charge in [-0.3, -0.25) is 4.79 Å². The van der Waals surface area contributed by atoms with Crippen LogP contribution in [-0.4, -0.2) is 43.6 Å². The molecule has 0 aliphatic carbocycles. The van der Waals surface area contributed by atoms with Crippen LogP contribution < -0.4 is 0 Å². The van der Waals surface area contributed by atoms with E-state index in [-0.39, 0.29) is 12.5 Å². The minimum atomic E-state index is -0.644. The minimum Gasteiger partial charge on any atom is -0.459 e. The Bertz CT molecular complexity index is 511. The van der Waals surface area contributed by atoms with Crippen LogP contribution in [-0.2, 0) is 20.9 Å². The van der Waals surface area contributed by atoms with Gasteiger partial charge in [0.25, 0.3) is 5.91 Å². The summed E-state index contributed by atoms with van der Waals surface area (Å²) < 4.78 is 10.3. The third-order valence-corrected chi connectivity index (χ3v) is 2.76. The fourth-order valence-electron chi connectivity index (χ4n) is 1.60. The predicted molar refractivity (Wildman–Crippen MR) is 79.9 cm³/mol. The number of ether oxygens (including phenoxy) is 2. The minimum absolute atomic E-state index is 0.0918. The quantitative estimate of drug-likeness (QED) is 0.570. The number of benzene rings is 1. The van der Waals surface area contributed by atoms with Crippen molar-refractivity contribution in [2.45, 2.75) is 19.6 Å². The molecule has 0 saturated heterocycles. The molecule has 1 aromatic carbocycles. The highest BCUT2D eigenvalue weighted by Gasteiger charge is 2.15. The molecule has 5 nitrogen and oxygen atoms in total. The Morgan fingerprint density at radius 3 is 2.71 bits per heavy atom. The fourth-order valence-corrected chi connectivity index (χ4v) is 1.60. The van der Waals surface area contributed by atoms with E-state index >= 15 is 0 Å². The van der Waals surface area contributed by atoms with E-state index in [1.165, 1.54) is 4.90 Å². The van der Waals surface area contributed by atoms with Crippen LogP contribution in [0.3, 0.4) is 0 Å². The van der Waals surface area contributed by atoms with Crippen LogP contribution in [0.2, 0.25) is 0 Å². The Balaban J connectivity index is 2.59. The van der Waals surface area contributed by atoms with Gasteiger partial charge in [0, 0.05) is 19.7 Å². The predicted octanol–water partition coefficient (Wildman–Crippen LogP) is 2.02. The van der Waals surface area contributed by atoms with Crippen molar-refractivity contribution >= 4 is 11.9 Å². The smallest absolute Gasteiger partial charge is 0.335 e. The molecule has 0 aliphatic rings. The molecule has 0 heterocycles. The van der Waals surface area contributed by atoms with Crippen LogP contribution in [0, 0.1) is 0 Å². The molecule has 1 rings (SSSR count). The summed E-state index contributed by atoms with van der Waals surface area (Å²) in [5.74, 6) is -0.535. The van der Waals surface area contributed by atoms with E-state index in [0.29, 0.717) is 12.2 Å². The van der Waals surface area contributed by atoms with E-state index in [9.17, 15) is 9.59 Å². The monoisotopic (exact) mass is 291 g/mol. The topological polar surface area (TPSA) is 55.8 Å². The van der Waals surface area contributed by atoms with Gasteiger partial charge < -0.3 is 14.4 Å². The average molecular weight is 291 g/mol. The summed E-state index contributed by atoms with van der Waals surface area (Å²) in [4.78, 5) is 25.0. The third-order valence-electron chi connectivity index (χ3n) is 2.76. The van der Waals surface area contributed by atoms with Gasteiger partial charge in [-0.05, 0) is 24.6 Å². The van der Waals surface area contributed by atoms with Crippen LogP contribution in [0.4, 0.5) is 0 Å². The Morgan fingerprint density at radius 2 is 2.10 bits per heavy atom. The van der Waals surface area contributed by atoms with Crippen LogP contribution in [0.25, 0.3) is 0 Å². The van der Waals surface area contributed by atoms with Gasteiger partial charge in [0.15, 0.2) is 6.10 Å². The number of hydrogen-bond acceptors (Lipinski definition) is 4. The second-order valence-corrected chi connectivity index (χ2v) is 4.77. The Hall–Kier alpha value is -2.14. The molecule has 0 bridgehead atoms. The van der Waals surface area contributed by atoms with Crippen molar-refractivity contribution < 1.29 is 19.1 Å². The zero-order valence-electron chi connectivity index (χ0n) is 12.7. The van der Waals surface area contributed by atoms with Gasteiger partial charge in [-0.2, -0.15) is 0 Å². The van der Waals surface area contributed by atoms with Gasteiger partial charge in [0.2, 0.25) is 0 Å². The lowest BCUT2D eigenvalue weighted by Gasteiger charge is -2.13. The first-order valence-electron chi connectivity index (χ1n) is 6.65. The molecule has 0 spiro atoms. The molecule has 0 aromatic heterocycles. The number of hydrogen-bond donors (Lipinski definition) is 0. The highest BCUT2D eigenvalue weighted by atomic mass is 16.6. The van der Waals surface area contributed by atoms with Gasteiger partial charge in [0.05, 0.1) is 6.61 Å². The van der Waals surface area contributed by atoms with E-state index < -0.39 is 12.1 Å². The molecule has 1 amide bonds. The van der Waals surface area contributed by atoms with E-state index in [1.807, 2.05) is 0 Å². The first-order valence-corrected chi connectivity index (χ1v) is 6.65. The fraction of sp³-hybridized carbons (Fsp3) is 0.375. The molecular formula is C16H21NO4. The van der Waals surface area contributed by atoms with Crippen LogP contribution in [0.1, 0.15) is 22.8 Å². The second-order valence-electron chi connectivity index (χ2n) is 4.77. The maximum Gasteiger partial charge on any atom is 0.335 e. The molecular weight excluding hydrogens is 270 g/mol. The number of nitrogens with zero attached hydrogens (tertiary/aromatic N) is 1. The number of esters is 1. The van der Waals surface area contributed by atoms with Crippen LogP contribution in [0.15, 0.2) is 36.9 Å². The van der Waals surface area contributed by atoms with Crippen molar-refractivity contribution in [3.63, 3.8) is 0 Å². The lowest BCUT2D eigenvalue weighted by molar-refractivity contribution is -0.156. The number of carbonyl (C=O) groups is 2. The maximum absolute atomic E-state index is 11.9. The SMILES string of the molecule is C=CCOC(C)C(=O)OCc1cccc(C(=O)N(C)C)c1. The molecule has 0 radical (unpaired) electrons. The summed E-state index contributed by atoms with van der Waals surface area (Å²) in [6.45, 7) is 5.54. The Morgan fingerprint density at radius 1 is 1.38 bits per heavy atom. The number of carbonyl (C=O) groups excluding carboxylic acids is 2. The van der Waals surface area contributed by atoms with Crippen molar-refractivity contribution in [2.24, 2.45) is 0 Å². The summed E-state index contributed by atoms with van der Waals surface area (Å²) in [5.41, 5.74) is 1.32. The molecule has 0 N–H and O–H groups in total. The van der Waals surface area contributed by atoms with Gasteiger partial charge in [-0.15, -0.1) is 6.58 Å². The van der Waals surface area contributed by atoms with Crippen molar-refractivity contribution in [3.8, 4) is 0 Å². The standard InChI is InChI=1S/C16H21NO4/c1-5-9-20-12(2)16(19)21-11-13-7-6-8-14(10-13)15(18)17(3)4/h5-8,10,12H,1,9,11H2,2-4H3. The maximum atomic E-state index is 11.9. The van der Waals surface area contributed by atoms with Gasteiger partial charge in [-0.25, -0.2) is 4.79 Å². The molecule has 5 heteroatoms. The zero-order valence-corrected chi connectivity index (χ0v) is 12.7. The molecule has 1 aromatic rings. The zero-order chi connectivity index (χ0) is 15.8. The Kier molecular flexibility index (Phi) is 6.62. The summed E-state index contributed by atoms with van der Waals surface area (Å²) in [7, 11) is 3.38. The number of rotatable bonds is 7.